The summed E-state index contributed by atoms with van der Waals surface area (Å²) in [6.45, 7) is 1.95. The third-order valence-electron chi connectivity index (χ3n) is 4.86. The average molecular weight is 377 g/mol. The van der Waals surface area contributed by atoms with Crippen molar-refractivity contribution in [2.75, 3.05) is 19.6 Å². The Morgan fingerprint density at radius 3 is 2.67 bits per heavy atom. The van der Waals surface area contributed by atoms with Crippen molar-refractivity contribution in [3.05, 3.63) is 18.0 Å². The maximum absolute atomic E-state index is 12.5. The zero-order valence-corrected chi connectivity index (χ0v) is 15.2. The van der Waals surface area contributed by atoms with E-state index in [-0.39, 0.29) is 35.2 Å². The normalized spacial score (nSPS) is 24.1. The van der Waals surface area contributed by atoms with Crippen molar-refractivity contribution in [1.82, 2.24) is 14.6 Å². The van der Waals surface area contributed by atoms with E-state index >= 15 is 0 Å². The van der Waals surface area contributed by atoms with Gasteiger partial charge in [0, 0.05) is 25.3 Å². The van der Waals surface area contributed by atoms with E-state index in [1.807, 2.05) is 0 Å². The molecule has 1 aliphatic carbocycles. The van der Waals surface area contributed by atoms with Gasteiger partial charge in [0.2, 0.25) is 10.0 Å². The van der Waals surface area contributed by atoms with E-state index in [0.29, 0.717) is 12.2 Å². The van der Waals surface area contributed by atoms with Gasteiger partial charge in [-0.2, -0.15) is 0 Å². The molecular weight excluding hydrogens is 352 g/mol. The molecule has 0 aromatic carbocycles. The summed E-state index contributed by atoms with van der Waals surface area (Å²) in [6.07, 6.45) is 6.14. The first-order valence-corrected chi connectivity index (χ1v) is 9.69. The van der Waals surface area contributed by atoms with E-state index < -0.39 is 10.0 Å². The van der Waals surface area contributed by atoms with Gasteiger partial charge in [-0.25, -0.2) is 13.1 Å². The molecule has 2 heterocycles. The molecule has 0 spiro atoms. The number of nitrogens with one attached hydrogen (secondary N) is 2. The van der Waals surface area contributed by atoms with E-state index in [2.05, 4.69) is 9.71 Å². The molecule has 9 heteroatoms. The average Bonchev–Trinajstić information content (AvgIpc) is 3.27. The van der Waals surface area contributed by atoms with Crippen LogP contribution >= 0.6 is 12.4 Å². The number of hydrogen-bond acceptors (Lipinski definition) is 4. The quantitative estimate of drug-likeness (QED) is 0.714. The van der Waals surface area contributed by atoms with Gasteiger partial charge in [-0.15, -0.1) is 12.4 Å². The zero-order chi connectivity index (χ0) is 16.4. The summed E-state index contributed by atoms with van der Waals surface area (Å²) in [5, 5.41) is 0. The Morgan fingerprint density at radius 1 is 1.29 bits per heavy atom. The summed E-state index contributed by atoms with van der Waals surface area (Å²) in [5.74, 6) is 0.0547. The van der Waals surface area contributed by atoms with Crippen LogP contribution in [0.5, 0.6) is 0 Å². The number of amides is 1. The topological polar surface area (TPSA) is 108 Å². The Morgan fingerprint density at radius 2 is 2.00 bits per heavy atom. The fourth-order valence-corrected chi connectivity index (χ4v) is 4.82. The highest BCUT2D eigenvalue weighted by molar-refractivity contribution is 7.89. The summed E-state index contributed by atoms with van der Waals surface area (Å²) in [7, 11) is -3.63. The van der Waals surface area contributed by atoms with Crippen LogP contribution in [-0.2, 0) is 10.0 Å². The molecule has 2 unspecified atom stereocenters. The summed E-state index contributed by atoms with van der Waals surface area (Å²) < 4.78 is 27.8. The van der Waals surface area contributed by atoms with E-state index in [0.717, 1.165) is 45.2 Å². The SMILES string of the molecule is Cl.NCC1CCCC1NS(=O)(=O)c1c[nH]c(C(=O)N2CCCC2)c1. The predicted molar refractivity (Wildman–Crippen MR) is 93.7 cm³/mol. The Labute approximate surface area is 148 Å². The second-order valence-corrected chi connectivity index (χ2v) is 8.12. The fourth-order valence-electron chi connectivity index (χ4n) is 3.49. The second kappa shape index (κ2) is 7.86. The number of likely N-dealkylation sites (tertiary alicyclic amines) is 1. The number of hydrogen-bond donors (Lipinski definition) is 3. The number of H-pyrrole nitrogens is 1. The number of halogens is 1. The molecule has 3 rings (SSSR count). The van der Waals surface area contributed by atoms with Gasteiger partial charge in [-0.1, -0.05) is 6.42 Å². The van der Waals surface area contributed by atoms with Crippen LogP contribution < -0.4 is 10.5 Å². The largest absolute Gasteiger partial charge is 0.356 e. The third kappa shape index (κ3) is 3.93. The van der Waals surface area contributed by atoms with Crippen LogP contribution in [0.1, 0.15) is 42.6 Å². The molecule has 24 heavy (non-hydrogen) atoms. The van der Waals surface area contributed by atoms with Crippen molar-refractivity contribution in [3.8, 4) is 0 Å². The number of nitrogens with two attached hydrogens (primary N) is 1. The maximum atomic E-state index is 12.5. The van der Waals surface area contributed by atoms with Crippen LogP contribution in [0, 0.1) is 5.92 Å². The number of carbonyl (C=O) groups is 1. The molecule has 1 saturated carbocycles. The lowest BCUT2D eigenvalue weighted by Crippen LogP contribution is -2.39. The monoisotopic (exact) mass is 376 g/mol. The van der Waals surface area contributed by atoms with E-state index in [1.54, 1.807) is 4.90 Å². The standard InChI is InChI=1S/C15H24N4O3S.ClH/c16-9-11-4-3-5-13(11)18-23(21,22)12-8-14(17-10-12)15(20)19-6-1-2-7-19;/h8,10-11,13,17-18H,1-7,9,16H2;1H. The molecule has 2 aliphatic rings. The van der Waals surface area contributed by atoms with Crippen LogP contribution in [-0.4, -0.2) is 49.9 Å². The highest BCUT2D eigenvalue weighted by atomic mass is 35.5. The smallest absolute Gasteiger partial charge is 0.270 e. The van der Waals surface area contributed by atoms with Gasteiger partial charge < -0.3 is 15.6 Å². The third-order valence-corrected chi connectivity index (χ3v) is 6.33. The number of carbonyl (C=O) groups excluding carboxylic acids is 1. The molecule has 1 aromatic heterocycles. The van der Waals surface area contributed by atoms with Crippen molar-refractivity contribution < 1.29 is 13.2 Å². The number of sulfonamides is 1. The molecule has 1 saturated heterocycles. The van der Waals surface area contributed by atoms with Crippen LogP contribution in [0.3, 0.4) is 0 Å². The molecule has 136 valence electrons. The fraction of sp³-hybridized carbons (Fsp3) is 0.667. The van der Waals surface area contributed by atoms with Gasteiger partial charge in [0.05, 0.1) is 0 Å². The van der Waals surface area contributed by atoms with Crippen molar-refractivity contribution >= 4 is 28.3 Å². The lowest BCUT2D eigenvalue weighted by molar-refractivity contribution is 0.0787. The van der Waals surface area contributed by atoms with Crippen LogP contribution in [0.25, 0.3) is 0 Å². The number of aromatic amines is 1. The molecule has 1 aliphatic heterocycles. The van der Waals surface area contributed by atoms with Crippen molar-refractivity contribution in [2.24, 2.45) is 11.7 Å². The Hall–Kier alpha value is -1.09. The van der Waals surface area contributed by atoms with Gasteiger partial charge in [-0.3, -0.25) is 4.79 Å². The molecule has 7 nitrogen and oxygen atoms in total. The minimum atomic E-state index is -3.63. The van der Waals surface area contributed by atoms with Crippen molar-refractivity contribution in [2.45, 2.75) is 43.0 Å². The Balaban J connectivity index is 0.00000208. The molecule has 4 N–H and O–H groups in total. The van der Waals surface area contributed by atoms with Crippen LogP contribution in [0.4, 0.5) is 0 Å². The molecule has 2 fully saturated rings. The van der Waals surface area contributed by atoms with Gasteiger partial charge in [0.25, 0.3) is 5.91 Å². The summed E-state index contributed by atoms with van der Waals surface area (Å²) in [6, 6.07) is 1.31. The molecule has 0 radical (unpaired) electrons. The predicted octanol–water partition coefficient (Wildman–Crippen LogP) is 1.08. The number of nitrogens with zero attached hydrogens (tertiary/aromatic N) is 1. The first-order chi connectivity index (χ1) is 11.0. The first-order valence-electron chi connectivity index (χ1n) is 8.21. The number of aromatic nitrogens is 1. The lowest BCUT2D eigenvalue weighted by atomic mass is 10.1. The van der Waals surface area contributed by atoms with Gasteiger partial charge in [0.1, 0.15) is 10.6 Å². The van der Waals surface area contributed by atoms with E-state index in [4.69, 9.17) is 5.73 Å². The van der Waals surface area contributed by atoms with Crippen molar-refractivity contribution in [1.29, 1.82) is 0 Å². The summed E-state index contributed by atoms with van der Waals surface area (Å²) in [5.41, 5.74) is 6.03. The Kier molecular flexibility index (Phi) is 6.30. The molecule has 1 aromatic rings. The minimum absolute atomic E-state index is 0. The highest BCUT2D eigenvalue weighted by Crippen LogP contribution is 2.26. The lowest BCUT2D eigenvalue weighted by Gasteiger charge is -2.18. The second-order valence-electron chi connectivity index (χ2n) is 6.40. The van der Waals surface area contributed by atoms with Crippen molar-refractivity contribution in [3.63, 3.8) is 0 Å². The van der Waals surface area contributed by atoms with Crippen LogP contribution in [0.2, 0.25) is 0 Å². The van der Waals surface area contributed by atoms with Gasteiger partial charge >= 0.3 is 0 Å². The maximum Gasteiger partial charge on any atom is 0.270 e. The minimum Gasteiger partial charge on any atom is -0.356 e. The number of rotatable bonds is 5. The van der Waals surface area contributed by atoms with Crippen LogP contribution in [0.15, 0.2) is 17.2 Å². The zero-order valence-electron chi connectivity index (χ0n) is 13.5. The first kappa shape index (κ1) is 19.2. The van der Waals surface area contributed by atoms with E-state index in [9.17, 15) is 13.2 Å². The summed E-state index contributed by atoms with van der Waals surface area (Å²) in [4.78, 5) is 17.0. The molecular formula is C15H25ClN4O3S. The van der Waals surface area contributed by atoms with Gasteiger partial charge in [0.15, 0.2) is 0 Å². The molecule has 2 atom stereocenters. The highest BCUT2D eigenvalue weighted by Gasteiger charge is 2.31. The molecule has 1 amide bonds. The van der Waals surface area contributed by atoms with E-state index in [1.165, 1.54) is 12.3 Å². The van der Waals surface area contributed by atoms with Gasteiger partial charge in [-0.05, 0) is 44.2 Å². The Bertz CT molecular complexity index is 670. The summed E-state index contributed by atoms with van der Waals surface area (Å²) >= 11 is 0. The molecule has 0 bridgehead atoms.